The van der Waals surface area contributed by atoms with E-state index in [-0.39, 0.29) is 11.4 Å². The number of benzene rings is 2. The van der Waals surface area contributed by atoms with E-state index in [0.717, 1.165) is 0 Å². The Kier molecular flexibility index (Phi) is 5.59. The third kappa shape index (κ3) is 3.80. The molecule has 3 rings (SSSR count). The molecule has 0 aliphatic heterocycles. The van der Waals surface area contributed by atoms with Crippen LogP contribution in [0.2, 0.25) is 0 Å². The molecule has 144 valence electrons. The third-order valence-electron chi connectivity index (χ3n) is 3.98. The number of aromatic carboxylic acids is 1. The fourth-order valence-electron chi connectivity index (χ4n) is 2.64. The van der Waals surface area contributed by atoms with E-state index in [2.05, 4.69) is 15.3 Å². The lowest BCUT2D eigenvalue weighted by Crippen LogP contribution is -2.07. The molecular weight excluding hydrogens is 362 g/mol. The van der Waals surface area contributed by atoms with Crippen LogP contribution in [0.15, 0.2) is 48.7 Å². The highest BCUT2D eigenvalue weighted by molar-refractivity contribution is 5.94. The molecule has 0 spiro atoms. The Hall–Kier alpha value is -3.81. The molecular formula is C20H19N3O5. The lowest BCUT2D eigenvalue weighted by atomic mass is 10.1. The molecule has 0 amide bonds. The first-order valence-corrected chi connectivity index (χ1v) is 8.30. The van der Waals surface area contributed by atoms with Crippen LogP contribution in [0.1, 0.15) is 10.4 Å². The summed E-state index contributed by atoms with van der Waals surface area (Å²) < 4.78 is 16.0. The first-order chi connectivity index (χ1) is 13.6. The number of aromatic nitrogens is 2. The molecule has 1 aromatic heterocycles. The van der Waals surface area contributed by atoms with E-state index in [9.17, 15) is 9.90 Å². The summed E-state index contributed by atoms with van der Waals surface area (Å²) in [6.07, 6.45) is 1.26. The van der Waals surface area contributed by atoms with Gasteiger partial charge in [-0.25, -0.2) is 14.8 Å². The Morgan fingerprint density at radius 1 is 1.00 bits per heavy atom. The van der Waals surface area contributed by atoms with E-state index in [1.54, 1.807) is 12.1 Å². The molecule has 0 aliphatic rings. The lowest BCUT2D eigenvalue weighted by Gasteiger charge is -2.14. The van der Waals surface area contributed by atoms with Gasteiger partial charge in [0, 0.05) is 17.4 Å². The van der Waals surface area contributed by atoms with Gasteiger partial charge < -0.3 is 24.6 Å². The van der Waals surface area contributed by atoms with Crippen LogP contribution in [-0.4, -0.2) is 42.4 Å². The molecule has 8 heteroatoms. The van der Waals surface area contributed by atoms with Gasteiger partial charge in [-0.1, -0.05) is 18.2 Å². The zero-order chi connectivity index (χ0) is 20.1. The van der Waals surface area contributed by atoms with Gasteiger partial charge in [-0.15, -0.1) is 0 Å². The molecule has 0 saturated heterocycles. The van der Waals surface area contributed by atoms with Gasteiger partial charge in [0.25, 0.3) is 0 Å². The zero-order valence-corrected chi connectivity index (χ0v) is 15.6. The van der Waals surface area contributed by atoms with Crippen molar-refractivity contribution in [1.82, 2.24) is 9.97 Å². The third-order valence-corrected chi connectivity index (χ3v) is 3.98. The number of nitrogens with zero attached hydrogens (tertiary/aromatic N) is 2. The number of hydrogen-bond acceptors (Lipinski definition) is 7. The SMILES string of the molecule is COc1cc(-c2ncc(C(=O)O)c(Nc3ccccc3)n2)cc(OC)c1OC. The topological polar surface area (TPSA) is 103 Å². The number of nitrogens with one attached hydrogen (secondary N) is 1. The maximum atomic E-state index is 11.6. The summed E-state index contributed by atoms with van der Waals surface area (Å²) in [6, 6.07) is 12.6. The average molecular weight is 381 g/mol. The minimum absolute atomic E-state index is 0.0416. The van der Waals surface area contributed by atoms with Gasteiger partial charge in [0.15, 0.2) is 17.3 Å². The fourth-order valence-corrected chi connectivity index (χ4v) is 2.64. The van der Waals surface area contributed by atoms with Gasteiger partial charge in [0.2, 0.25) is 5.75 Å². The Bertz CT molecular complexity index is 967. The number of carboxylic acids is 1. The number of para-hydroxylation sites is 1. The lowest BCUT2D eigenvalue weighted by molar-refractivity contribution is 0.0697. The molecule has 0 fully saturated rings. The molecule has 0 atom stereocenters. The maximum Gasteiger partial charge on any atom is 0.341 e. The molecule has 0 unspecified atom stereocenters. The number of carboxylic acid groups (broad SMARTS) is 1. The maximum absolute atomic E-state index is 11.6. The van der Waals surface area contributed by atoms with Crippen molar-refractivity contribution >= 4 is 17.5 Å². The highest BCUT2D eigenvalue weighted by Crippen LogP contribution is 2.40. The highest BCUT2D eigenvalue weighted by Gasteiger charge is 2.18. The summed E-state index contributed by atoms with van der Waals surface area (Å²) >= 11 is 0. The standard InChI is InChI=1S/C20H19N3O5/c1-26-15-9-12(10-16(27-2)17(15)28-3)18-21-11-14(20(24)25)19(23-18)22-13-7-5-4-6-8-13/h4-11H,1-3H3,(H,24,25)(H,21,22,23). The molecule has 2 aromatic carbocycles. The molecule has 0 bridgehead atoms. The van der Waals surface area contributed by atoms with Crippen molar-refractivity contribution in [2.45, 2.75) is 0 Å². The van der Waals surface area contributed by atoms with E-state index in [1.165, 1.54) is 27.5 Å². The van der Waals surface area contributed by atoms with Crippen LogP contribution in [-0.2, 0) is 0 Å². The Morgan fingerprint density at radius 3 is 2.18 bits per heavy atom. The fraction of sp³-hybridized carbons (Fsp3) is 0.150. The van der Waals surface area contributed by atoms with Crippen LogP contribution in [0, 0.1) is 0 Å². The van der Waals surface area contributed by atoms with E-state index in [0.29, 0.717) is 34.3 Å². The quantitative estimate of drug-likeness (QED) is 0.640. The predicted octanol–water partition coefficient (Wildman–Crippen LogP) is 3.61. The minimum Gasteiger partial charge on any atom is -0.493 e. The van der Waals surface area contributed by atoms with Crippen molar-refractivity contribution in [3.63, 3.8) is 0 Å². The highest BCUT2D eigenvalue weighted by atomic mass is 16.5. The van der Waals surface area contributed by atoms with Crippen LogP contribution < -0.4 is 19.5 Å². The molecule has 3 aromatic rings. The van der Waals surface area contributed by atoms with E-state index < -0.39 is 5.97 Å². The van der Waals surface area contributed by atoms with Gasteiger partial charge in [-0.3, -0.25) is 0 Å². The van der Waals surface area contributed by atoms with Crippen molar-refractivity contribution in [3.8, 4) is 28.6 Å². The van der Waals surface area contributed by atoms with E-state index >= 15 is 0 Å². The number of hydrogen-bond donors (Lipinski definition) is 2. The number of anilines is 2. The zero-order valence-electron chi connectivity index (χ0n) is 15.6. The van der Waals surface area contributed by atoms with Crippen molar-refractivity contribution in [1.29, 1.82) is 0 Å². The monoisotopic (exact) mass is 381 g/mol. The van der Waals surface area contributed by atoms with Crippen molar-refractivity contribution in [2.24, 2.45) is 0 Å². The first-order valence-electron chi connectivity index (χ1n) is 8.30. The van der Waals surface area contributed by atoms with Crippen LogP contribution in [0.3, 0.4) is 0 Å². The van der Waals surface area contributed by atoms with Gasteiger partial charge in [0.1, 0.15) is 11.4 Å². The number of rotatable bonds is 7. The van der Waals surface area contributed by atoms with Crippen molar-refractivity contribution in [3.05, 3.63) is 54.2 Å². The second-order valence-electron chi connectivity index (χ2n) is 5.67. The Labute approximate surface area is 161 Å². The summed E-state index contributed by atoms with van der Waals surface area (Å²) in [6.45, 7) is 0. The molecule has 2 N–H and O–H groups in total. The van der Waals surface area contributed by atoms with Crippen LogP contribution in [0.4, 0.5) is 11.5 Å². The van der Waals surface area contributed by atoms with Crippen LogP contribution >= 0.6 is 0 Å². The molecule has 1 heterocycles. The van der Waals surface area contributed by atoms with Crippen molar-refractivity contribution < 1.29 is 24.1 Å². The summed E-state index contributed by atoms with van der Waals surface area (Å²) in [4.78, 5) is 20.2. The van der Waals surface area contributed by atoms with E-state index in [1.807, 2.05) is 30.3 Å². The minimum atomic E-state index is -1.13. The average Bonchev–Trinajstić information content (AvgIpc) is 2.73. The molecule has 0 saturated carbocycles. The van der Waals surface area contributed by atoms with Crippen molar-refractivity contribution in [2.75, 3.05) is 26.6 Å². The Balaban J connectivity index is 2.10. The first kappa shape index (κ1) is 19.0. The number of methoxy groups -OCH3 is 3. The van der Waals surface area contributed by atoms with E-state index in [4.69, 9.17) is 14.2 Å². The van der Waals surface area contributed by atoms with Crippen LogP contribution in [0.5, 0.6) is 17.2 Å². The molecule has 0 radical (unpaired) electrons. The van der Waals surface area contributed by atoms with Gasteiger partial charge in [-0.05, 0) is 24.3 Å². The predicted molar refractivity (Wildman–Crippen MR) is 104 cm³/mol. The van der Waals surface area contributed by atoms with Gasteiger partial charge in [-0.2, -0.15) is 0 Å². The Morgan fingerprint density at radius 2 is 1.64 bits per heavy atom. The number of carbonyl (C=O) groups is 1. The molecule has 28 heavy (non-hydrogen) atoms. The second-order valence-corrected chi connectivity index (χ2v) is 5.67. The normalized spacial score (nSPS) is 10.2. The molecule has 8 nitrogen and oxygen atoms in total. The summed E-state index contributed by atoms with van der Waals surface area (Å²) in [5, 5.41) is 12.5. The summed E-state index contributed by atoms with van der Waals surface area (Å²) in [5.74, 6) is 0.689. The van der Waals surface area contributed by atoms with Crippen LogP contribution in [0.25, 0.3) is 11.4 Å². The number of ether oxygens (including phenoxy) is 3. The summed E-state index contributed by atoms with van der Waals surface area (Å²) in [5.41, 5.74) is 1.25. The smallest absolute Gasteiger partial charge is 0.341 e. The second kappa shape index (κ2) is 8.26. The molecule has 0 aliphatic carbocycles. The van der Waals surface area contributed by atoms with Gasteiger partial charge >= 0.3 is 5.97 Å². The summed E-state index contributed by atoms with van der Waals surface area (Å²) in [7, 11) is 4.54. The largest absolute Gasteiger partial charge is 0.493 e. The van der Waals surface area contributed by atoms with Gasteiger partial charge in [0.05, 0.1) is 21.3 Å².